The third kappa shape index (κ3) is 8.91. The molecule has 0 heterocycles. The van der Waals surface area contributed by atoms with E-state index in [9.17, 15) is 14.4 Å². The van der Waals surface area contributed by atoms with Crippen molar-refractivity contribution in [1.82, 2.24) is 10.6 Å². The SMILES string of the molecule is CCOC(=O)COc1cccc(C(=O)NCCNC(=O)OC(C)(C)C)c1. The smallest absolute Gasteiger partial charge is 0.407 e. The molecule has 8 nitrogen and oxygen atoms in total. The highest BCUT2D eigenvalue weighted by molar-refractivity contribution is 5.94. The highest BCUT2D eigenvalue weighted by Gasteiger charge is 2.15. The first-order chi connectivity index (χ1) is 12.2. The molecule has 1 aromatic rings. The van der Waals surface area contributed by atoms with Crippen molar-refractivity contribution in [3.63, 3.8) is 0 Å². The van der Waals surface area contributed by atoms with E-state index in [1.165, 1.54) is 6.07 Å². The first-order valence-electron chi connectivity index (χ1n) is 8.35. The molecule has 0 radical (unpaired) electrons. The molecule has 0 spiro atoms. The summed E-state index contributed by atoms with van der Waals surface area (Å²) in [6.07, 6.45) is -0.541. The number of carbonyl (C=O) groups excluding carboxylic acids is 3. The number of carbonyl (C=O) groups is 3. The maximum absolute atomic E-state index is 12.1. The molecule has 0 bridgehead atoms. The molecule has 0 aliphatic rings. The van der Waals surface area contributed by atoms with Crippen molar-refractivity contribution in [3.05, 3.63) is 29.8 Å². The summed E-state index contributed by atoms with van der Waals surface area (Å²) in [4.78, 5) is 34.9. The van der Waals surface area contributed by atoms with Crippen LogP contribution in [-0.2, 0) is 14.3 Å². The van der Waals surface area contributed by atoms with E-state index in [0.29, 0.717) is 11.3 Å². The summed E-state index contributed by atoms with van der Waals surface area (Å²) in [7, 11) is 0. The van der Waals surface area contributed by atoms with Crippen molar-refractivity contribution in [2.45, 2.75) is 33.3 Å². The van der Waals surface area contributed by atoms with Crippen molar-refractivity contribution >= 4 is 18.0 Å². The molecule has 2 amide bonds. The third-order valence-corrected chi connectivity index (χ3v) is 2.84. The Balaban J connectivity index is 2.39. The van der Waals surface area contributed by atoms with Crippen LogP contribution in [0.25, 0.3) is 0 Å². The van der Waals surface area contributed by atoms with Gasteiger partial charge in [0.1, 0.15) is 11.4 Å². The molecule has 0 saturated heterocycles. The van der Waals surface area contributed by atoms with Gasteiger partial charge in [-0.05, 0) is 45.9 Å². The van der Waals surface area contributed by atoms with E-state index < -0.39 is 17.7 Å². The number of nitrogens with one attached hydrogen (secondary N) is 2. The van der Waals surface area contributed by atoms with Crippen LogP contribution in [0.2, 0.25) is 0 Å². The molecular weight excluding hydrogens is 340 g/mol. The van der Waals surface area contributed by atoms with Crippen LogP contribution in [0.3, 0.4) is 0 Å². The van der Waals surface area contributed by atoms with E-state index in [4.69, 9.17) is 14.2 Å². The zero-order chi connectivity index (χ0) is 19.6. The summed E-state index contributed by atoms with van der Waals surface area (Å²) in [5.41, 5.74) is -0.194. The van der Waals surface area contributed by atoms with Gasteiger partial charge < -0.3 is 24.8 Å². The highest BCUT2D eigenvalue weighted by atomic mass is 16.6. The molecule has 0 aliphatic heterocycles. The summed E-state index contributed by atoms with van der Waals surface area (Å²) in [5, 5.41) is 5.22. The third-order valence-electron chi connectivity index (χ3n) is 2.84. The van der Waals surface area contributed by atoms with Crippen LogP contribution < -0.4 is 15.4 Å². The van der Waals surface area contributed by atoms with Gasteiger partial charge in [0.05, 0.1) is 6.61 Å². The minimum Gasteiger partial charge on any atom is -0.482 e. The molecule has 8 heteroatoms. The molecule has 0 saturated carbocycles. The zero-order valence-corrected chi connectivity index (χ0v) is 15.6. The lowest BCUT2D eigenvalue weighted by molar-refractivity contribution is -0.145. The number of rotatable bonds is 8. The number of benzene rings is 1. The van der Waals surface area contributed by atoms with Gasteiger partial charge >= 0.3 is 12.1 Å². The van der Waals surface area contributed by atoms with Crippen molar-refractivity contribution in [1.29, 1.82) is 0 Å². The van der Waals surface area contributed by atoms with Crippen LogP contribution in [0.4, 0.5) is 4.79 Å². The topological polar surface area (TPSA) is 103 Å². The van der Waals surface area contributed by atoms with E-state index in [1.807, 2.05) is 0 Å². The number of ether oxygens (including phenoxy) is 3. The van der Waals surface area contributed by atoms with Crippen molar-refractivity contribution < 1.29 is 28.6 Å². The Morgan fingerprint density at radius 2 is 1.77 bits per heavy atom. The Bertz CT molecular complexity index is 624. The summed E-state index contributed by atoms with van der Waals surface area (Å²) in [5.74, 6) is -0.411. The lowest BCUT2D eigenvalue weighted by atomic mass is 10.2. The van der Waals surface area contributed by atoms with Crippen molar-refractivity contribution in [3.8, 4) is 5.75 Å². The lowest BCUT2D eigenvalue weighted by Crippen LogP contribution is -2.37. The molecule has 0 unspecified atom stereocenters. The molecule has 2 N–H and O–H groups in total. The second-order valence-corrected chi connectivity index (χ2v) is 6.31. The Morgan fingerprint density at radius 1 is 1.08 bits per heavy atom. The van der Waals surface area contributed by atoms with Gasteiger partial charge in [-0.3, -0.25) is 4.79 Å². The molecular formula is C18H26N2O6. The van der Waals surface area contributed by atoms with Gasteiger partial charge in [0, 0.05) is 18.7 Å². The van der Waals surface area contributed by atoms with E-state index in [-0.39, 0.29) is 32.2 Å². The normalized spacial score (nSPS) is 10.6. The van der Waals surface area contributed by atoms with Crippen LogP contribution >= 0.6 is 0 Å². The van der Waals surface area contributed by atoms with E-state index in [0.717, 1.165) is 0 Å². The van der Waals surface area contributed by atoms with Crippen LogP contribution in [0.15, 0.2) is 24.3 Å². The number of amides is 2. The minimum absolute atomic E-state index is 0.223. The zero-order valence-electron chi connectivity index (χ0n) is 15.6. The maximum atomic E-state index is 12.1. The molecule has 0 aromatic heterocycles. The lowest BCUT2D eigenvalue weighted by Gasteiger charge is -2.19. The molecule has 1 aromatic carbocycles. The quantitative estimate of drug-likeness (QED) is 0.538. The Morgan fingerprint density at radius 3 is 2.42 bits per heavy atom. The first kappa shape index (κ1) is 21.3. The van der Waals surface area contributed by atoms with E-state index in [1.54, 1.807) is 45.9 Å². The maximum Gasteiger partial charge on any atom is 0.407 e. The average molecular weight is 366 g/mol. The van der Waals surface area contributed by atoms with Gasteiger partial charge in [-0.2, -0.15) is 0 Å². The summed E-state index contributed by atoms with van der Waals surface area (Å²) < 4.78 is 15.1. The van der Waals surface area contributed by atoms with E-state index in [2.05, 4.69) is 10.6 Å². The first-order valence-corrected chi connectivity index (χ1v) is 8.35. The largest absolute Gasteiger partial charge is 0.482 e. The fraction of sp³-hybridized carbons (Fsp3) is 0.500. The Hall–Kier alpha value is -2.77. The summed E-state index contributed by atoms with van der Waals surface area (Å²) in [6, 6.07) is 6.43. The number of alkyl carbamates (subject to hydrolysis) is 1. The number of esters is 1. The fourth-order valence-electron chi connectivity index (χ4n) is 1.83. The molecule has 1 rings (SSSR count). The van der Waals surface area contributed by atoms with Crippen LogP contribution in [0.5, 0.6) is 5.75 Å². The van der Waals surface area contributed by atoms with Gasteiger partial charge in [0.2, 0.25) is 0 Å². The van der Waals surface area contributed by atoms with Gasteiger partial charge in [0.15, 0.2) is 6.61 Å². The predicted octanol–water partition coefficient (Wildman–Crippen LogP) is 1.88. The van der Waals surface area contributed by atoms with Crippen molar-refractivity contribution in [2.24, 2.45) is 0 Å². The summed E-state index contributed by atoms with van der Waals surface area (Å²) >= 11 is 0. The van der Waals surface area contributed by atoms with Crippen LogP contribution in [-0.4, -0.2) is 49.9 Å². The second-order valence-electron chi connectivity index (χ2n) is 6.31. The molecule has 26 heavy (non-hydrogen) atoms. The van der Waals surface area contributed by atoms with Gasteiger partial charge in [0.25, 0.3) is 5.91 Å². The standard InChI is InChI=1S/C18H26N2O6/c1-5-24-15(21)12-25-14-8-6-7-13(11-14)16(22)19-9-10-20-17(23)26-18(2,3)4/h6-8,11H,5,9-10,12H2,1-4H3,(H,19,22)(H,20,23). The van der Waals surface area contributed by atoms with Crippen molar-refractivity contribution in [2.75, 3.05) is 26.3 Å². The fourth-order valence-corrected chi connectivity index (χ4v) is 1.83. The van der Waals surface area contributed by atoms with Gasteiger partial charge in [-0.25, -0.2) is 9.59 Å². The molecule has 144 valence electrons. The monoisotopic (exact) mass is 366 g/mol. The van der Waals surface area contributed by atoms with Gasteiger partial charge in [-0.15, -0.1) is 0 Å². The minimum atomic E-state index is -0.572. The number of hydrogen-bond acceptors (Lipinski definition) is 6. The molecule has 0 atom stereocenters. The van der Waals surface area contributed by atoms with Gasteiger partial charge in [-0.1, -0.05) is 6.07 Å². The molecule has 0 fully saturated rings. The predicted molar refractivity (Wildman–Crippen MR) is 95.1 cm³/mol. The number of hydrogen-bond donors (Lipinski definition) is 2. The van der Waals surface area contributed by atoms with Crippen LogP contribution in [0, 0.1) is 0 Å². The average Bonchev–Trinajstić information content (AvgIpc) is 2.55. The summed E-state index contributed by atoms with van der Waals surface area (Å²) in [6.45, 7) is 7.55. The highest BCUT2D eigenvalue weighted by Crippen LogP contribution is 2.13. The Labute approximate surface area is 153 Å². The molecule has 0 aliphatic carbocycles. The second kappa shape index (κ2) is 10.3. The van der Waals surface area contributed by atoms with Crippen LogP contribution in [0.1, 0.15) is 38.1 Å². The Kier molecular flexibility index (Phi) is 8.41. The van der Waals surface area contributed by atoms with E-state index >= 15 is 0 Å².